The molecule has 8 nitrogen and oxygen atoms in total. The normalized spacial score (nSPS) is 10.6. The summed E-state index contributed by atoms with van der Waals surface area (Å²) in [4.78, 5) is 16.8. The highest BCUT2D eigenvalue weighted by Gasteiger charge is 2.15. The van der Waals surface area contributed by atoms with E-state index in [1.54, 1.807) is 37.8 Å². The predicted molar refractivity (Wildman–Crippen MR) is 108 cm³/mol. The molecule has 0 N–H and O–H groups in total. The molecule has 0 fully saturated rings. The molecular formula is C21H17N7O. The first-order chi connectivity index (χ1) is 14.1. The van der Waals surface area contributed by atoms with Crippen molar-refractivity contribution < 1.29 is 4.74 Å². The van der Waals surface area contributed by atoms with Gasteiger partial charge < -0.3 is 4.74 Å². The molecule has 0 atom stereocenters. The van der Waals surface area contributed by atoms with Gasteiger partial charge in [-0.05, 0) is 19.9 Å². The molecule has 0 aliphatic heterocycles. The quantitative estimate of drug-likeness (QED) is 0.496. The van der Waals surface area contributed by atoms with Crippen molar-refractivity contribution in [2.75, 3.05) is 7.11 Å². The van der Waals surface area contributed by atoms with Crippen molar-refractivity contribution in [1.82, 2.24) is 29.7 Å². The Hall–Kier alpha value is -4.12. The highest BCUT2D eigenvalue weighted by molar-refractivity contribution is 5.67. The molecule has 0 aliphatic carbocycles. The van der Waals surface area contributed by atoms with E-state index in [0.29, 0.717) is 28.9 Å². The van der Waals surface area contributed by atoms with Crippen LogP contribution in [0.1, 0.15) is 11.4 Å². The van der Waals surface area contributed by atoms with Gasteiger partial charge in [-0.25, -0.2) is 14.8 Å². The number of ether oxygens (including phenoxy) is 1. The Morgan fingerprint density at radius 2 is 1.72 bits per heavy atom. The van der Waals surface area contributed by atoms with Gasteiger partial charge in [-0.15, -0.1) is 10.2 Å². The molecule has 29 heavy (non-hydrogen) atoms. The minimum absolute atomic E-state index is 0.532. The zero-order valence-corrected chi connectivity index (χ0v) is 16.2. The van der Waals surface area contributed by atoms with Crippen LogP contribution in [0.5, 0.6) is 5.88 Å². The fourth-order valence-electron chi connectivity index (χ4n) is 3.05. The van der Waals surface area contributed by atoms with Crippen LogP contribution in [0.4, 0.5) is 5.69 Å². The highest BCUT2D eigenvalue weighted by atomic mass is 16.5. The Bertz CT molecular complexity index is 1210. The average molecular weight is 383 g/mol. The standard InChI is InChI=1S/C21H17N7O/c1-13-9-15(22-3)5-7-17(13)18-11-24-19(12-23-18)21-27-26-14(2)28(21)16-6-8-20(29-4)25-10-16/h5-12H,1-2,4H3. The van der Waals surface area contributed by atoms with Crippen molar-refractivity contribution in [1.29, 1.82) is 0 Å². The molecule has 0 spiro atoms. The van der Waals surface area contributed by atoms with Crippen LogP contribution in [0, 0.1) is 20.4 Å². The van der Waals surface area contributed by atoms with Gasteiger partial charge in [-0.2, -0.15) is 0 Å². The summed E-state index contributed by atoms with van der Waals surface area (Å²) in [7, 11) is 1.57. The largest absolute Gasteiger partial charge is 0.481 e. The topological polar surface area (TPSA) is 83.0 Å². The second kappa shape index (κ2) is 7.48. The van der Waals surface area contributed by atoms with Gasteiger partial charge in [0.05, 0.1) is 43.7 Å². The first-order valence-corrected chi connectivity index (χ1v) is 8.84. The summed E-state index contributed by atoms with van der Waals surface area (Å²) >= 11 is 0. The van der Waals surface area contributed by atoms with E-state index < -0.39 is 0 Å². The monoisotopic (exact) mass is 383 g/mol. The summed E-state index contributed by atoms with van der Waals surface area (Å²) in [5.74, 6) is 1.82. The van der Waals surface area contributed by atoms with E-state index >= 15 is 0 Å². The summed E-state index contributed by atoms with van der Waals surface area (Å²) in [6.45, 7) is 10.9. The van der Waals surface area contributed by atoms with Crippen LogP contribution < -0.4 is 4.74 Å². The molecular weight excluding hydrogens is 366 g/mol. The van der Waals surface area contributed by atoms with Gasteiger partial charge in [0.2, 0.25) is 5.88 Å². The number of hydrogen-bond acceptors (Lipinski definition) is 6. The van der Waals surface area contributed by atoms with Crippen LogP contribution >= 0.6 is 0 Å². The predicted octanol–water partition coefficient (Wildman–Crippen LogP) is 3.96. The number of rotatable bonds is 4. The number of methoxy groups -OCH3 is 1. The zero-order valence-electron chi connectivity index (χ0n) is 16.2. The lowest BCUT2D eigenvalue weighted by Crippen LogP contribution is -2.02. The molecule has 3 heterocycles. The zero-order chi connectivity index (χ0) is 20.4. The van der Waals surface area contributed by atoms with E-state index in [-0.39, 0.29) is 0 Å². The van der Waals surface area contributed by atoms with Crippen LogP contribution in [-0.2, 0) is 0 Å². The molecule has 0 saturated carbocycles. The Kier molecular flexibility index (Phi) is 4.71. The molecule has 142 valence electrons. The van der Waals surface area contributed by atoms with Gasteiger partial charge in [0.25, 0.3) is 0 Å². The minimum Gasteiger partial charge on any atom is -0.481 e. The molecule has 0 bridgehead atoms. The lowest BCUT2D eigenvalue weighted by Gasteiger charge is -2.09. The van der Waals surface area contributed by atoms with Gasteiger partial charge in [-0.3, -0.25) is 9.55 Å². The molecule has 4 rings (SSSR count). The van der Waals surface area contributed by atoms with Crippen molar-refractivity contribution in [3.63, 3.8) is 0 Å². The summed E-state index contributed by atoms with van der Waals surface area (Å²) in [5, 5.41) is 8.45. The molecule has 8 heteroatoms. The van der Waals surface area contributed by atoms with Gasteiger partial charge in [0.15, 0.2) is 11.5 Å². The van der Waals surface area contributed by atoms with Crippen LogP contribution in [0.25, 0.3) is 33.3 Å². The Morgan fingerprint density at radius 1 is 0.931 bits per heavy atom. The average Bonchev–Trinajstić information content (AvgIpc) is 3.15. The van der Waals surface area contributed by atoms with Crippen LogP contribution in [0.15, 0.2) is 48.9 Å². The molecule has 0 unspecified atom stereocenters. The van der Waals surface area contributed by atoms with Crippen molar-refractivity contribution in [2.24, 2.45) is 0 Å². The van der Waals surface area contributed by atoms with E-state index in [0.717, 1.165) is 22.5 Å². The third kappa shape index (κ3) is 3.41. The maximum Gasteiger partial charge on any atom is 0.213 e. The first-order valence-electron chi connectivity index (χ1n) is 8.84. The second-order valence-corrected chi connectivity index (χ2v) is 6.36. The summed E-state index contributed by atoms with van der Waals surface area (Å²) < 4.78 is 6.99. The second-order valence-electron chi connectivity index (χ2n) is 6.36. The van der Waals surface area contributed by atoms with Crippen LogP contribution in [0.3, 0.4) is 0 Å². The molecule has 0 radical (unpaired) electrons. The van der Waals surface area contributed by atoms with Gasteiger partial charge >= 0.3 is 0 Å². The lowest BCUT2D eigenvalue weighted by atomic mass is 10.1. The van der Waals surface area contributed by atoms with E-state index in [1.807, 2.05) is 36.6 Å². The van der Waals surface area contributed by atoms with Crippen molar-refractivity contribution in [2.45, 2.75) is 13.8 Å². The summed E-state index contributed by atoms with van der Waals surface area (Å²) in [6, 6.07) is 9.18. The molecule has 3 aromatic heterocycles. The maximum absolute atomic E-state index is 7.13. The number of aryl methyl sites for hydroxylation is 2. The smallest absolute Gasteiger partial charge is 0.213 e. The summed E-state index contributed by atoms with van der Waals surface area (Å²) in [6.07, 6.45) is 5.08. The summed E-state index contributed by atoms with van der Waals surface area (Å²) in [5.41, 5.74) is 4.65. The SMILES string of the molecule is [C-]#[N+]c1ccc(-c2cnc(-c3nnc(C)n3-c3ccc(OC)nc3)cn2)c(C)c1. The number of hydrogen-bond donors (Lipinski definition) is 0. The third-order valence-corrected chi connectivity index (χ3v) is 4.51. The van der Waals surface area contributed by atoms with Gasteiger partial charge in [0.1, 0.15) is 11.5 Å². The van der Waals surface area contributed by atoms with Crippen molar-refractivity contribution in [3.8, 4) is 34.3 Å². The van der Waals surface area contributed by atoms with Crippen molar-refractivity contribution in [3.05, 3.63) is 71.7 Å². The number of aromatic nitrogens is 6. The Morgan fingerprint density at radius 3 is 2.34 bits per heavy atom. The fraction of sp³-hybridized carbons (Fsp3) is 0.143. The van der Waals surface area contributed by atoms with E-state index in [1.165, 1.54) is 0 Å². The molecule has 1 aromatic carbocycles. The Labute approximate surface area is 167 Å². The maximum atomic E-state index is 7.13. The van der Waals surface area contributed by atoms with Crippen LogP contribution in [-0.4, -0.2) is 36.8 Å². The highest BCUT2D eigenvalue weighted by Crippen LogP contribution is 2.27. The van der Waals surface area contributed by atoms with Crippen molar-refractivity contribution >= 4 is 5.69 Å². The molecule has 0 amide bonds. The number of benzene rings is 1. The number of pyridine rings is 1. The van der Waals surface area contributed by atoms with E-state index in [9.17, 15) is 0 Å². The van der Waals surface area contributed by atoms with Crippen LogP contribution in [0.2, 0.25) is 0 Å². The first kappa shape index (κ1) is 18.3. The number of nitrogens with zero attached hydrogens (tertiary/aromatic N) is 7. The van der Waals surface area contributed by atoms with Gasteiger partial charge in [-0.1, -0.05) is 23.8 Å². The Balaban J connectivity index is 1.71. The van der Waals surface area contributed by atoms with E-state index in [4.69, 9.17) is 11.3 Å². The third-order valence-electron chi connectivity index (χ3n) is 4.51. The molecule has 0 saturated heterocycles. The molecule has 0 aliphatic rings. The van der Waals surface area contributed by atoms with E-state index in [2.05, 4.69) is 30.0 Å². The lowest BCUT2D eigenvalue weighted by molar-refractivity contribution is 0.398. The van der Waals surface area contributed by atoms with Gasteiger partial charge in [0, 0.05) is 11.6 Å². The molecule has 4 aromatic rings. The fourth-order valence-corrected chi connectivity index (χ4v) is 3.05. The minimum atomic E-state index is 0.532.